The van der Waals surface area contributed by atoms with E-state index in [0.29, 0.717) is 37.4 Å². The summed E-state index contributed by atoms with van der Waals surface area (Å²) < 4.78 is 13.1. The molecule has 2 aromatic carbocycles. The first kappa shape index (κ1) is 24.0. The number of rotatable bonds is 6. The van der Waals surface area contributed by atoms with Gasteiger partial charge in [-0.05, 0) is 49.7 Å². The van der Waals surface area contributed by atoms with E-state index in [-0.39, 0.29) is 36.2 Å². The molecule has 0 aromatic heterocycles. The smallest absolute Gasteiger partial charge is 0.317 e. The average Bonchev–Trinajstić information content (AvgIpc) is 2.78. The SMILES string of the molecule is CC(=O)Nc1ccc(N2CCN(C(=O)NC(C)C)CC2)c(C(=O)NCc2ccc(F)cc2)c1. The summed E-state index contributed by atoms with van der Waals surface area (Å²) in [6.07, 6.45) is 0. The zero-order valence-electron chi connectivity index (χ0n) is 19.2. The minimum absolute atomic E-state index is 0.0632. The van der Waals surface area contributed by atoms with Gasteiger partial charge in [0.2, 0.25) is 5.91 Å². The standard InChI is InChI=1S/C24H30FN5O3/c1-16(2)27-24(33)30-12-10-29(11-13-30)22-9-8-20(28-17(3)31)14-21(22)23(32)26-15-18-4-6-19(25)7-5-18/h4-9,14,16H,10-13,15H2,1-3H3,(H,26,32)(H,27,33)(H,28,31). The van der Waals surface area contributed by atoms with Gasteiger partial charge in [-0.25, -0.2) is 9.18 Å². The average molecular weight is 456 g/mol. The second-order valence-corrected chi connectivity index (χ2v) is 8.30. The Balaban J connectivity index is 1.75. The minimum Gasteiger partial charge on any atom is -0.367 e. The molecule has 0 saturated carbocycles. The Morgan fingerprint density at radius 1 is 1.00 bits per heavy atom. The highest BCUT2D eigenvalue weighted by molar-refractivity contribution is 6.02. The van der Waals surface area contributed by atoms with Crippen molar-refractivity contribution in [3.63, 3.8) is 0 Å². The molecule has 3 N–H and O–H groups in total. The van der Waals surface area contributed by atoms with Crippen molar-refractivity contribution in [1.29, 1.82) is 0 Å². The van der Waals surface area contributed by atoms with E-state index < -0.39 is 0 Å². The molecule has 0 bridgehead atoms. The number of anilines is 2. The van der Waals surface area contributed by atoms with Crippen LogP contribution in [-0.2, 0) is 11.3 Å². The van der Waals surface area contributed by atoms with Gasteiger partial charge in [-0.1, -0.05) is 12.1 Å². The number of amides is 4. The number of carbonyl (C=O) groups excluding carboxylic acids is 3. The maximum Gasteiger partial charge on any atom is 0.317 e. The van der Waals surface area contributed by atoms with Gasteiger partial charge >= 0.3 is 6.03 Å². The Labute approximate surface area is 193 Å². The summed E-state index contributed by atoms with van der Waals surface area (Å²) in [6, 6.07) is 11.1. The Bertz CT molecular complexity index is 1000. The molecule has 0 spiro atoms. The van der Waals surface area contributed by atoms with Crippen LogP contribution >= 0.6 is 0 Å². The van der Waals surface area contributed by atoms with Gasteiger partial charge in [0.05, 0.1) is 5.56 Å². The molecule has 0 atom stereocenters. The molecule has 0 unspecified atom stereocenters. The third-order valence-electron chi connectivity index (χ3n) is 5.25. The van der Waals surface area contributed by atoms with Crippen molar-refractivity contribution in [2.45, 2.75) is 33.4 Å². The number of urea groups is 1. The third kappa shape index (κ3) is 6.68. The molecule has 1 heterocycles. The summed E-state index contributed by atoms with van der Waals surface area (Å²) >= 11 is 0. The van der Waals surface area contributed by atoms with Crippen LogP contribution in [0.4, 0.5) is 20.6 Å². The van der Waals surface area contributed by atoms with Crippen LogP contribution in [0.5, 0.6) is 0 Å². The largest absolute Gasteiger partial charge is 0.367 e. The molecule has 2 aromatic rings. The van der Waals surface area contributed by atoms with Gasteiger partial charge in [0.15, 0.2) is 0 Å². The Kier molecular flexibility index (Phi) is 7.87. The number of nitrogens with one attached hydrogen (secondary N) is 3. The molecule has 1 saturated heterocycles. The fourth-order valence-corrected chi connectivity index (χ4v) is 3.64. The van der Waals surface area contributed by atoms with E-state index in [1.54, 1.807) is 29.2 Å². The molecule has 33 heavy (non-hydrogen) atoms. The molecule has 0 aliphatic carbocycles. The number of halogens is 1. The van der Waals surface area contributed by atoms with Crippen molar-refractivity contribution in [3.8, 4) is 0 Å². The van der Waals surface area contributed by atoms with Crippen molar-refractivity contribution >= 4 is 29.2 Å². The van der Waals surface area contributed by atoms with E-state index in [4.69, 9.17) is 0 Å². The van der Waals surface area contributed by atoms with Crippen LogP contribution in [0, 0.1) is 5.82 Å². The maximum absolute atomic E-state index is 13.1. The Hall–Kier alpha value is -3.62. The molecular weight excluding hydrogens is 425 g/mol. The molecule has 9 heteroatoms. The highest BCUT2D eigenvalue weighted by atomic mass is 19.1. The fourth-order valence-electron chi connectivity index (χ4n) is 3.64. The molecular formula is C24H30FN5O3. The Morgan fingerprint density at radius 2 is 1.67 bits per heavy atom. The van der Waals surface area contributed by atoms with Crippen LogP contribution in [0.3, 0.4) is 0 Å². The van der Waals surface area contributed by atoms with E-state index in [1.807, 2.05) is 19.9 Å². The lowest BCUT2D eigenvalue weighted by Gasteiger charge is -2.37. The van der Waals surface area contributed by atoms with Crippen molar-refractivity contribution in [3.05, 3.63) is 59.4 Å². The van der Waals surface area contributed by atoms with Gasteiger partial charge in [-0.15, -0.1) is 0 Å². The maximum atomic E-state index is 13.1. The monoisotopic (exact) mass is 455 g/mol. The van der Waals surface area contributed by atoms with Crippen molar-refractivity contribution in [2.75, 3.05) is 36.4 Å². The second-order valence-electron chi connectivity index (χ2n) is 8.30. The van der Waals surface area contributed by atoms with Gasteiger partial charge < -0.3 is 25.8 Å². The normalized spacial score (nSPS) is 13.6. The summed E-state index contributed by atoms with van der Waals surface area (Å²) in [6.45, 7) is 7.69. The molecule has 3 rings (SSSR count). The zero-order valence-corrected chi connectivity index (χ0v) is 19.2. The fraction of sp³-hybridized carbons (Fsp3) is 0.375. The molecule has 176 valence electrons. The number of benzene rings is 2. The Morgan fingerprint density at radius 3 is 2.27 bits per heavy atom. The van der Waals surface area contributed by atoms with Crippen LogP contribution in [0.15, 0.2) is 42.5 Å². The summed E-state index contributed by atoms with van der Waals surface area (Å²) in [5, 5.41) is 8.48. The lowest BCUT2D eigenvalue weighted by molar-refractivity contribution is -0.114. The lowest BCUT2D eigenvalue weighted by Crippen LogP contribution is -2.53. The second kappa shape index (κ2) is 10.8. The lowest BCUT2D eigenvalue weighted by atomic mass is 10.1. The van der Waals surface area contributed by atoms with Gasteiger partial charge in [-0.3, -0.25) is 9.59 Å². The summed E-state index contributed by atoms with van der Waals surface area (Å²) in [5.41, 5.74) is 2.44. The summed E-state index contributed by atoms with van der Waals surface area (Å²) in [4.78, 5) is 40.7. The molecule has 4 amide bonds. The number of hydrogen-bond acceptors (Lipinski definition) is 4. The zero-order chi connectivity index (χ0) is 24.0. The number of nitrogens with zero attached hydrogens (tertiary/aromatic N) is 2. The van der Waals surface area contributed by atoms with Crippen LogP contribution in [0.2, 0.25) is 0 Å². The van der Waals surface area contributed by atoms with E-state index in [1.165, 1.54) is 19.1 Å². The number of hydrogen-bond donors (Lipinski definition) is 3. The molecule has 0 radical (unpaired) electrons. The van der Waals surface area contributed by atoms with Crippen LogP contribution in [0.1, 0.15) is 36.7 Å². The van der Waals surface area contributed by atoms with Crippen molar-refractivity contribution < 1.29 is 18.8 Å². The molecule has 8 nitrogen and oxygen atoms in total. The van der Waals surface area contributed by atoms with E-state index in [2.05, 4.69) is 20.9 Å². The van der Waals surface area contributed by atoms with Crippen LogP contribution < -0.4 is 20.9 Å². The van der Waals surface area contributed by atoms with Gasteiger partial charge in [0, 0.05) is 57.1 Å². The van der Waals surface area contributed by atoms with Gasteiger partial charge in [0.25, 0.3) is 5.91 Å². The number of carbonyl (C=O) groups is 3. The first-order valence-corrected chi connectivity index (χ1v) is 11.0. The first-order valence-electron chi connectivity index (χ1n) is 11.0. The highest BCUT2D eigenvalue weighted by Gasteiger charge is 2.24. The topological polar surface area (TPSA) is 93.8 Å². The van der Waals surface area contributed by atoms with Gasteiger partial charge in [-0.2, -0.15) is 0 Å². The summed E-state index contributed by atoms with van der Waals surface area (Å²) in [5.74, 6) is -0.872. The first-order chi connectivity index (χ1) is 15.7. The van der Waals surface area contributed by atoms with Gasteiger partial charge in [0.1, 0.15) is 5.82 Å². The van der Waals surface area contributed by atoms with Crippen molar-refractivity contribution in [1.82, 2.24) is 15.5 Å². The van der Waals surface area contributed by atoms with E-state index in [0.717, 1.165) is 11.3 Å². The summed E-state index contributed by atoms with van der Waals surface area (Å²) in [7, 11) is 0. The number of piperazine rings is 1. The highest BCUT2D eigenvalue weighted by Crippen LogP contribution is 2.26. The quantitative estimate of drug-likeness (QED) is 0.624. The van der Waals surface area contributed by atoms with E-state index >= 15 is 0 Å². The molecule has 1 fully saturated rings. The predicted molar refractivity (Wildman–Crippen MR) is 126 cm³/mol. The van der Waals surface area contributed by atoms with Crippen LogP contribution in [-0.4, -0.2) is 55.0 Å². The van der Waals surface area contributed by atoms with Crippen LogP contribution in [0.25, 0.3) is 0 Å². The minimum atomic E-state index is -0.336. The van der Waals surface area contributed by atoms with E-state index in [9.17, 15) is 18.8 Å². The molecule has 1 aliphatic heterocycles. The molecule has 1 aliphatic rings. The third-order valence-corrected chi connectivity index (χ3v) is 5.25. The van der Waals surface area contributed by atoms with Crippen molar-refractivity contribution in [2.24, 2.45) is 0 Å². The predicted octanol–water partition coefficient (Wildman–Crippen LogP) is 2.95.